The topological polar surface area (TPSA) is 79.2 Å². The smallest absolute Gasteiger partial charge is 0.341 e. The Bertz CT molecular complexity index is 1010. The van der Waals surface area contributed by atoms with Crippen molar-refractivity contribution in [2.45, 2.75) is 6.92 Å². The van der Waals surface area contributed by atoms with Gasteiger partial charge in [0.05, 0.1) is 10.6 Å². The molecule has 1 aliphatic heterocycles. The number of nitrogens with zero attached hydrogens (tertiary/aromatic N) is 2. The van der Waals surface area contributed by atoms with E-state index in [4.69, 9.17) is 9.84 Å². The number of likely N-dealkylation sites (N-methyl/N-ethyl adjacent to an activating group) is 1. The summed E-state index contributed by atoms with van der Waals surface area (Å²) in [4.78, 5) is 30.0. The Morgan fingerprint density at radius 3 is 2.69 bits per heavy atom. The van der Waals surface area contributed by atoms with Gasteiger partial charge in [-0.15, -0.1) is 0 Å². The minimum Gasteiger partial charge on any atom is -0.481 e. The summed E-state index contributed by atoms with van der Waals surface area (Å²) >= 11 is 4.56. The quantitative estimate of drug-likeness (QED) is 0.609. The number of carbonyl (C=O) groups excluding carboxylic acids is 1. The molecule has 2 aromatic carbocycles. The maximum absolute atomic E-state index is 13.1. The summed E-state index contributed by atoms with van der Waals surface area (Å²) in [5.74, 6) is -1.32. The third-order valence-electron chi connectivity index (χ3n) is 3.87. The van der Waals surface area contributed by atoms with Crippen LogP contribution in [0.1, 0.15) is 12.5 Å². The molecule has 1 fully saturated rings. The molecular weight excluding hydrogens is 463 g/mol. The van der Waals surface area contributed by atoms with Gasteiger partial charge in [0, 0.05) is 16.6 Å². The lowest BCUT2D eigenvalue weighted by atomic mass is 10.2. The number of hydrogen-bond acceptors (Lipinski definition) is 5. The van der Waals surface area contributed by atoms with E-state index >= 15 is 0 Å². The molecule has 3 rings (SSSR count). The predicted octanol–water partition coefficient (Wildman–Crippen LogP) is 4.68. The fourth-order valence-electron chi connectivity index (χ4n) is 2.54. The van der Waals surface area contributed by atoms with Crippen LogP contribution in [-0.4, -0.2) is 40.2 Å². The highest BCUT2D eigenvalue weighted by Gasteiger charge is 2.32. The molecule has 1 heterocycles. The summed E-state index contributed by atoms with van der Waals surface area (Å²) < 4.78 is 19.2. The molecule has 9 heteroatoms. The summed E-state index contributed by atoms with van der Waals surface area (Å²) in [5, 5.41) is 9.34. The molecule has 1 amide bonds. The fourth-order valence-corrected chi connectivity index (χ4v) is 3.97. The van der Waals surface area contributed by atoms with E-state index in [1.165, 1.54) is 40.9 Å². The summed E-state index contributed by atoms with van der Waals surface area (Å²) in [7, 11) is 0. The highest BCUT2D eigenvalue weighted by atomic mass is 79.9. The van der Waals surface area contributed by atoms with Gasteiger partial charge >= 0.3 is 5.97 Å². The van der Waals surface area contributed by atoms with E-state index in [0.29, 0.717) is 33.6 Å². The lowest BCUT2D eigenvalue weighted by molar-refractivity contribution is -0.139. The van der Waals surface area contributed by atoms with Gasteiger partial charge in [-0.05, 0) is 67.2 Å². The zero-order chi connectivity index (χ0) is 21.0. The Labute approximate surface area is 179 Å². The minimum absolute atomic E-state index is 0.220. The van der Waals surface area contributed by atoms with E-state index < -0.39 is 12.6 Å². The van der Waals surface area contributed by atoms with Gasteiger partial charge in [-0.1, -0.05) is 15.9 Å². The van der Waals surface area contributed by atoms with Crippen molar-refractivity contribution in [3.8, 4) is 5.75 Å². The van der Waals surface area contributed by atoms with Crippen LogP contribution in [-0.2, 0) is 9.59 Å². The first-order chi connectivity index (χ1) is 13.9. The normalized spacial score (nSPS) is 16.7. The van der Waals surface area contributed by atoms with E-state index in [9.17, 15) is 14.0 Å². The monoisotopic (exact) mass is 478 g/mol. The van der Waals surface area contributed by atoms with Crippen LogP contribution in [0.25, 0.3) is 6.08 Å². The molecule has 150 valence electrons. The predicted molar refractivity (Wildman–Crippen MR) is 114 cm³/mol. The molecule has 1 N–H and O–H groups in total. The molecule has 0 aliphatic carbocycles. The van der Waals surface area contributed by atoms with E-state index in [1.807, 2.05) is 6.92 Å². The molecule has 1 aliphatic rings. The fraction of sp³-hybridized carbons (Fsp3) is 0.150. The average molecular weight is 479 g/mol. The van der Waals surface area contributed by atoms with Crippen LogP contribution in [0.2, 0.25) is 0 Å². The molecule has 6 nitrogen and oxygen atoms in total. The zero-order valence-corrected chi connectivity index (χ0v) is 17.7. The highest BCUT2D eigenvalue weighted by molar-refractivity contribution is 9.10. The summed E-state index contributed by atoms with van der Waals surface area (Å²) in [5.41, 5.74) is 1.10. The van der Waals surface area contributed by atoms with Crippen LogP contribution in [0.4, 0.5) is 10.1 Å². The van der Waals surface area contributed by atoms with E-state index in [2.05, 4.69) is 20.9 Å². The molecule has 0 spiro atoms. The van der Waals surface area contributed by atoms with Crippen LogP contribution in [0.15, 0.2) is 56.8 Å². The van der Waals surface area contributed by atoms with E-state index in [1.54, 1.807) is 24.3 Å². The second kappa shape index (κ2) is 9.23. The van der Waals surface area contributed by atoms with Gasteiger partial charge in [0.15, 0.2) is 11.8 Å². The molecule has 0 bridgehead atoms. The van der Waals surface area contributed by atoms with Crippen molar-refractivity contribution < 1.29 is 23.8 Å². The number of benzene rings is 2. The van der Waals surface area contributed by atoms with Crippen LogP contribution in [0.3, 0.4) is 0 Å². The lowest BCUT2D eigenvalue weighted by Crippen LogP contribution is -2.28. The number of aliphatic carboxylic acids is 1. The summed E-state index contributed by atoms with van der Waals surface area (Å²) in [6.45, 7) is 1.77. The number of carbonyl (C=O) groups is 2. The van der Waals surface area contributed by atoms with Gasteiger partial charge in [-0.3, -0.25) is 9.69 Å². The number of ether oxygens (including phenoxy) is 1. The Hall–Kier alpha value is -2.65. The van der Waals surface area contributed by atoms with E-state index in [-0.39, 0.29) is 11.7 Å². The molecule has 2 aromatic rings. The third kappa shape index (κ3) is 5.24. The maximum Gasteiger partial charge on any atom is 0.341 e. The second-order valence-corrected chi connectivity index (χ2v) is 7.82. The van der Waals surface area contributed by atoms with Gasteiger partial charge in [0.25, 0.3) is 5.91 Å². The summed E-state index contributed by atoms with van der Waals surface area (Å²) in [6, 6.07) is 10.8. The maximum atomic E-state index is 13.1. The van der Waals surface area contributed by atoms with Crippen molar-refractivity contribution in [1.29, 1.82) is 0 Å². The number of carboxylic acid groups (broad SMARTS) is 1. The molecular formula is C20H16BrFN2O4S. The first-order valence-corrected chi connectivity index (χ1v) is 10.2. The van der Waals surface area contributed by atoms with Gasteiger partial charge < -0.3 is 9.84 Å². The summed E-state index contributed by atoms with van der Waals surface area (Å²) in [6.07, 6.45) is 1.64. The number of rotatable bonds is 6. The molecule has 1 saturated heterocycles. The molecule has 0 aromatic heterocycles. The van der Waals surface area contributed by atoms with Crippen molar-refractivity contribution in [3.05, 3.63) is 63.2 Å². The lowest BCUT2D eigenvalue weighted by Gasteiger charge is -2.12. The van der Waals surface area contributed by atoms with Crippen LogP contribution >= 0.6 is 27.7 Å². The highest BCUT2D eigenvalue weighted by Crippen LogP contribution is 2.36. The van der Waals surface area contributed by atoms with Crippen molar-refractivity contribution in [2.24, 2.45) is 4.99 Å². The van der Waals surface area contributed by atoms with Gasteiger partial charge in [0.1, 0.15) is 11.6 Å². The first kappa shape index (κ1) is 21.1. The molecule has 0 saturated carbocycles. The SMILES string of the molecule is CCN1C(=O)/C(=C\c2cc(Br)ccc2OCC(=O)O)SC1=Nc1ccc(F)cc1. The molecule has 0 atom stereocenters. The second-order valence-electron chi connectivity index (χ2n) is 5.90. The number of thioether (sulfide) groups is 1. The Morgan fingerprint density at radius 2 is 2.03 bits per heavy atom. The number of aliphatic imine (C=N–C) groups is 1. The Balaban J connectivity index is 1.94. The minimum atomic E-state index is -1.09. The number of amidine groups is 1. The van der Waals surface area contributed by atoms with Gasteiger partial charge in [-0.25, -0.2) is 14.2 Å². The van der Waals surface area contributed by atoms with Crippen molar-refractivity contribution >= 4 is 56.5 Å². The Morgan fingerprint density at radius 1 is 1.31 bits per heavy atom. The number of amides is 1. The van der Waals surface area contributed by atoms with Crippen molar-refractivity contribution in [1.82, 2.24) is 4.90 Å². The number of halogens is 2. The standard InChI is InChI=1S/C20H16BrFN2O4S/c1-2-24-19(27)17(29-20(24)23-15-6-4-14(22)5-7-15)10-12-9-13(21)3-8-16(12)28-11-18(25)26/h3-10H,2,11H2,1H3,(H,25,26)/b17-10+,23-20?. The van der Waals surface area contributed by atoms with Crippen LogP contribution in [0.5, 0.6) is 5.75 Å². The van der Waals surface area contributed by atoms with E-state index in [0.717, 1.165) is 4.47 Å². The zero-order valence-electron chi connectivity index (χ0n) is 15.3. The molecule has 0 radical (unpaired) electrons. The largest absolute Gasteiger partial charge is 0.481 e. The molecule has 0 unspecified atom stereocenters. The average Bonchev–Trinajstić information content (AvgIpc) is 2.97. The van der Waals surface area contributed by atoms with Crippen LogP contribution < -0.4 is 4.74 Å². The third-order valence-corrected chi connectivity index (χ3v) is 5.37. The van der Waals surface area contributed by atoms with Crippen molar-refractivity contribution in [3.63, 3.8) is 0 Å². The Kier molecular flexibility index (Phi) is 6.71. The van der Waals surface area contributed by atoms with Gasteiger partial charge in [-0.2, -0.15) is 0 Å². The van der Waals surface area contributed by atoms with Crippen LogP contribution in [0, 0.1) is 5.82 Å². The van der Waals surface area contributed by atoms with Crippen molar-refractivity contribution in [2.75, 3.05) is 13.2 Å². The molecule has 29 heavy (non-hydrogen) atoms. The first-order valence-electron chi connectivity index (χ1n) is 8.57. The number of hydrogen-bond donors (Lipinski definition) is 1. The van der Waals surface area contributed by atoms with Gasteiger partial charge in [0.2, 0.25) is 0 Å². The number of carboxylic acids is 1.